The summed E-state index contributed by atoms with van der Waals surface area (Å²) in [4.78, 5) is 8.03. The molecule has 0 saturated heterocycles. The largest absolute Gasteiger partial charge is 0.382 e. The first-order chi connectivity index (χ1) is 6.70. The first kappa shape index (κ1) is 8.96. The Morgan fingerprint density at radius 1 is 1.36 bits per heavy atom. The number of nitrogens with zero attached hydrogens (tertiary/aromatic N) is 4. The number of aromatic nitrogens is 4. The third-order valence-electron chi connectivity index (χ3n) is 1.76. The zero-order chi connectivity index (χ0) is 10.1. The highest BCUT2D eigenvalue weighted by Gasteiger charge is 2.12. The highest BCUT2D eigenvalue weighted by Crippen LogP contribution is 2.23. The predicted octanol–water partition coefficient (Wildman–Crippen LogP) is 1.21. The van der Waals surface area contributed by atoms with Gasteiger partial charge < -0.3 is 5.73 Å². The Labute approximate surface area is 85.5 Å². The summed E-state index contributed by atoms with van der Waals surface area (Å²) >= 11 is 5.88. The quantitative estimate of drug-likeness (QED) is 0.767. The van der Waals surface area contributed by atoms with Gasteiger partial charge in [0, 0.05) is 12.4 Å². The van der Waals surface area contributed by atoms with Crippen molar-refractivity contribution in [3.05, 3.63) is 29.2 Å². The fourth-order valence-electron chi connectivity index (χ4n) is 1.08. The molecule has 14 heavy (non-hydrogen) atoms. The van der Waals surface area contributed by atoms with E-state index in [0.29, 0.717) is 22.5 Å². The first-order valence-corrected chi connectivity index (χ1v) is 4.36. The van der Waals surface area contributed by atoms with E-state index < -0.39 is 0 Å². The molecule has 2 N–H and O–H groups in total. The second-order valence-corrected chi connectivity index (χ2v) is 3.12. The van der Waals surface area contributed by atoms with E-state index >= 15 is 0 Å². The van der Waals surface area contributed by atoms with Crippen LogP contribution in [0.25, 0.3) is 5.95 Å². The third-order valence-corrected chi connectivity index (χ3v) is 2.23. The molecule has 5 nitrogen and oxygen atoms in total. The molecular weight excluding hydrogens is 202 g/mol. The molecule has 0 saturated carbocycles. The van der Waals surface area contributed by atoms with Crippen LogP contribution in [-0.4, -0.2) is 19.7 Å². The molecule has 0 aliphatic heterocycles. The number of nitrogens with two attached hydrogens (primary N) is 1. The first-order valence-electron chi connectivity index (χ1n) is 3.98. The standard InChI is InChI=1S/C8H8ClN5/c1-5-6(9)7(10)14(13-5)8-11-3-2-4-12-8/h2-4H,10H2,1H3. The minimum atomic E-state index is 0.357. The van der Waals surface area contributed by atoms with Gasteiger partial charge in [0.1, 0.15) is 10.8 Å². The zero-order valence-electron chi connectivity index (χ0n) is 7.48. The van der Waals surface area contributed by atoms with Crippen molar-refractivity contribution in [1.29, 1.82) is 0 Å². The number of nitrogen functional groups attached to an aromatic ring is 1. The van der Waals surface area contributed by atoms with E-state index in [-0.39, 0.29) is 0 Å². The number of aryl methyl sites for hydroxylation is 1. The SMILES string of the molecule is Cc1nn(-c2ncccn2)c(N)c1Cl. The Kier molecular flexibility index (Phi) is 2.09. The van der Waals surface area contributed by atoms with E-state index in [1.807, 2.05) is 0 Å². The molecule has 0 bridgehead atoms. The van der Waals surface area contributed by atoms with E-state index in [0.717, 1.165) is 0 Å². The Morgan fingerprint density at radius 3 is 2.50 bits per heavy atom. The van der Waals surface area contributed by atoms with Crippen LogP contribution in [-0.2, 0) is 0 Å². The number of halogens is 1. The molecule has 72 valence electrons. The molecule has 0 radical (unpaired) electrons. The van der Waals surface area contributed by atoms with Gasteiger partial charge in [0.05, 0.1) is 5.69 Å². The average Bonchev–Trinajstić information content (AvgIpc) is 2.47. The minimum Gasteiger partial charge on any atom is -0.382 e. The normalized spacial score (nSPS) is 10.4. The van der Waals surface area contributed by atoms with Gasteiger partial charge in [-0.05, 0) is 13.0 Å². The van der Waals surface area contributed by atoms with Gasteiger partial charge in [-0.2, -0.15) is 9.78 Å². The maximum Gasteiger partial charge on any atom is 0.252 e. The lowest BCUT2D eigenvalue weighted by atomic mass is 10.5. The van der Waals surface area contributed by atoms with E-state index in [1.165, 1.54) is 4.68 Å². The summed E-state index contributed by atoms with van der Waals surface area (Å²) in [6, 6.07) is 1.72. The molecule has 0 aromatic carbocycles. The molecule has 2 rings (SSSR count). The van der Waals surface area contributed by atoms with Crippen molar-refractivity contribution >= 4 is 17.4 Å². The molecule has 0 spiro atoms. The Bertz CT molecular complexity index is 450. The van der Waals surface area contributed by atoms with Gasteiger partial charge in [0.25, 0.3) is 5.95 Å². The van der Waals surface area contributed by atoms with E-state index in [1.54, 1.807) is 25.4 Å². The van der Waals surface area contributed by atoms with Crippen LogP contribution < -0.4 is 5.73 Å². The molecule has 2 aromatic rings. The predicted molar refractivity (Wildman–Crippen MR) is 53.3 cm³/mol. The lowest BCUT2D eigenvalue weighted by Crippen LogP contribution is -2.05. The van der Waals surface area contributed by atoms with Crippen molar-refractivity contribution < 1.29 is 0 Å². The van der Waals surface area contributed by atoms with Gasteiger partial charge in [-0.15, -0.1) is 0 Å². The van der Waals surface area contributed by atoms with Crippen LogP contribution in [0.4, 0.5) is 5.82 Å². The number of anilines is 1. The van der Waals surface area contributed by atoms with Crippen LogP contribution in [0.1, 0.15) is 5.69 Å². The smallest absolute Gasteiger partial charge is 0.252 e. The molecule has 0 fully saturated rings. The van der Waals surface area contributed by atoms with Crippen LogP contribution in [0, 0.1) is 6.92 Å². The number of rotatable bonds is 1. The Balaban J connectivity index is 2.58. The van der Waals surface area contributed by atoms with Gasteiger partial charge in [0.2, 0.25) is 0 Å². The molecule has 2 heterocycles. The lowest BCUT2D eigenvalue weighted by Gasteiger charge is -1.99. The van der Waals surface area contributed by atoms with E-state index in [2.05, 4.69) is 15.1 Å². The van der Waals surface area contributed by atoms with Crippen molar-refractivity contribution in [1.82, 2.24) is 19.7 Å². The van der Waals surface area contributed by atoms with Gasteiger partial charge >= 0.3 is 0 Å². The van der Waals surface area contributed by atoms with Crippen LogP contribution in [0.2, 0.25) is 5.02 Å². The summed E-state index contributed by atoms with van der Waals surface area (Å²) in [5.41, 5.74) is 6.39. The van der Waals surface area contributed by atoms with Crippen molar-refractivity contribution in [3.63, 3.8) is 0 Å². The summed E-state index contributed by atoms with van der Waals surface area (Å²) in [6.45, 7) is 1.78. The second-order valence-electron chi connectivity index (χ2n) is 2.75. The number of hydrogen-bond acceptors (Lipinski definition) is 4. The van der Waals surface area contributed by atoms with E-state index in [9.17, 15) is 0 Å². The topological polar surface area (TPSA) is 69.6 Å². The summed E-state index contributed by atoms with van der Waals surface area (Å²) in [6.07, 6.45) is 3.24. The molecule has 0 aliphatic rings. The molecule has 0 unspecified atom stereocenters. The van der Waals surface area contributed by atoms with E-state index in [4.69, 9.17) is 17.3 Å². The van der Waals surface area contributed by atoms with Gasteiger partial charge in [0.15, 0.2) is 0 Å². The van der Waals surface area contributed by atoms with Crippen molar-refractivity contribution in [2.75, 3.05) is 5.73 Å². The molecule has 0 atom stereocenters. The average molecular weight is 210 g/mol. The molecular formula is C8H8ClN5. The highest BCUT2D eigenvalue weighted by molar-refractivity contribution is 6.33. The van der Waals surface area contributed by atoms with Crippen molar-refractivity contribution in [2.24, 2.45) is 0 Å². The maximum absolute atomic E-state index is 5.88. The number of hydrogen-bond donors (Lipinski definition) is 1. The summed E-state index contributed by atoms with van der Waals surface area (Å²) < 4.78 is 1.41. The third kappa shape index (κ3) is 1.31. The monoisotopic (exact) mass is 209 g/mol. The van der Waals surface area contributed by atoms with Gasteiger partial charge in [-0.25, -0.2) is 9.97 Å². The van der Waals surface area contributed by atoms with Crippen LogP contribution in [0.15, 0.2) is 18.5 Å². The van der Waals surface area contributed by atoms with Crippen LogP contribution in [0.5, 0.6) is 0 Å². The van der Waals surface area contributed by atoms with Crippen LogP contribution >= 0.6 is 11.6 Å². The Morgan fingerprint density at radius 2 is 2.00 bits per heavy atom. The second kappa shape index (κ2) is 3.26. The summed E-state index contributed by atoms with van der Waals surface area (Å²) in [5.74, 6) is 0.773. The molecule has 0 aliphatic carbocycles. The van der Waals surface area contributed by atoms with Crippen molar-refractivity contribution in [2.45, 2.75) is 6.92 Å². The zero-order valence-corrected chi connectivity index (χ0v) is 8.23. The van der Waals surface area contributed by atoms with Gasteiger partial charge in [-0.3, -0.25) is 0 Å². The van der Waals surface area contributed by atoms with Gasteiger partial charge in [-0.1, -0.05) is 11.6 Å². The lowest BCUT2D eigenvalue weighted by molar-refractivity contribution is 0.805. The summed E-state index contributed by atoms with van der Waals surface area (Å²) in [5, 5.41) is 4.56. The van der Waals surface area contributed by atoms with Crippen molar-refractivity contribution in [3.8, 4) is 5.95 Å². The maximum atomic E-state index is 5.88. The fraction of sp³-hybridized carbons (Fsp3) is 0.125. The minimum absolute atomic E-state index is 0.357. The highest BCUT2D eigenvalue weighted by atomic mass is 35.5. The summed E-state index contributed by atoms with van der Waals surface area (Å²) in [7, 11) is 0. The Hall–Kier alpha value is -1.62. The molecule has 2 aromatic heterocycles. The molecule has 0 amide bonds. The van der Waals surface area contributed by atoms with Crippen LogP contribution in [0.3, 0.4) is 0 Å². The molecule has 6 heteroatoms. The fourth-order valence-corrected chi connectivity index (χ4v) is 1.20.